The van der Waals surface area contributed by atoms with E-state index in [9.17, 15) is 0 Å². The third-order valence-corrected chi connectivity index (χ3v) is 3.96. The minimum absolute atomic E-state index is 0.263. The first-order valence-corrected chi connectivity index (χ1v) is 6.31. The second-order valence-corrected chi connectivity index (χ2v) is 5.25. The summed E-state index contributed by atoms with van der Waals surface area (Å²) >= 11 is 0. The minimum Gasteiger partial charge on any atom is -0.381 e. The van der Waals surface area contributed by atoms with Gasteiger partial charge in [-0.25, -0.2) is 0 Å². The van der Waals surface area contributed by atoms with E-state index in [0.717, 1.165) is 45.8 Å². The van der Waals surface area contributed by atoms with Crippen molar-refractivity contribution in [3.05, 3.63) is 0 Å². The summed E-state index contributed by atoms with van der Waals surface area (Å²) in [5, 5.41) is 7.03. The van der Waals surface area contributed by atoms with E-state index >= 15 is 0 Å². The smallest absolute Gasteiger partial charge is 0.0623 e. The minimum atomic E-state index is 0.263. The van der Waals surface area contributed by atoms with Gasteiger partial charge in [0.25, 0.3) is 0 Å². The van der Waals surface area contributed by atoms with E-state index in [4.69, 9.17) is 9.47 Å². The monoisotopic (exact) mass is 228 g/mol. The van der Waals surface area contributed by atoms with Crippen LogP contribution in [0.3, 0.4) is 0 Å². The summed E-state index contributed by atoms with van der Waals surface area (Å²) in [6.45, 7) is 6.86. The number of hydrogen-bond acceptors (Lipinski definition) is 4. The highest BCUT2D eigenvalue weighted by Gasteiger charge is 2.31. The molecule has 2 saturated heterocycles. The zero-order valence-electron chi connectivity index (χ0n) is 10.4. The quantitative estimate of drug-likeness (QED) is 0.730. The molecule has 2 aliphatic heterocycles. The first kappa shape index (κ1) is 12.3. The van der Waals surface area contributed by atoms with Crippen LogP contribution in [0.4, 0.5) is 0 Å². The van der Waals surface area contributed by atoms with Gasteiger partial charge >= 0.3 is 0 Å². The molecule has 94 valence electrons. The molecule has 0 aromatic heterocycles. The predicted octanol–water partition coefficient (Wildman–Crippen LogP) is 0.379. The van der Waals surface area contributed by atoms with Crippen molar-refractivity contribution in [3.63, 3.8) is 0 Å². The summed E-state index contributed by atoms with van der Waals surface area (Å²) in [7, 11) is 2.02. The Morgan fingerprint density at radius 3 is 2.62 bits per heavy atom. The topological polar surface area (TPSA) is 42.5 Å². The Bertz CT molecular complexity index is 217. The second kappa shape index (κ2) is 5.45. The molecule has 0 spiro atoms. The number of ether oxygens (including phenoxy) is 2. The van der Waals surface area contributed by atoms with E-state index in [-0.39, 0.29) is 5.54 Å². The fraction of sp³-hybridized carbons (Fsp3) is 1.00. The maximum absolute atomic E-state index is 5.51. The van der Waals surface area contributed by atoms with Crippen LogP contribution >= 0.6 is 0 Å². The summed E-state index contributed by atoms with van der Waals surface area (Å²) in [6.07, 6.45) is 2.23. The van der Waals surface area contributed by atoms with Gasteiger partial charge in [0.05, 0.1) is 13.2 Å². The lowest BCUT2D eigenvalue weighted by molar-refractivity contribution is 0.0432. The fourth-order valence-corrected chi connectivity index (χ4v) is 2.50. The van der Waals surface area contributed by atoms with Gasteiger partial charge in [0.2, 0.25) is 0 Å². The summed E-state index contributed by atoms with van der Waals surface area (Å²) in [4.78, 5) is 0. The molecular weight excluding hydrogens is 204 g/mol. The summed E-state index contributed by atoms with van der Waals surface area (Å²) in [6, 6.07) is 0.510. The van der Waals surface area contributed by atoms with Gasteiger partial charge in [0, 0.05) is 37.3 Å². The van der Waals surface area contributed by atoms with E-state index in [2.05, 4.69) is 17.6 Å². The average Bonchev–Trinajstić information content (AvgIpc) is 2.75. The lowest BCUT2D eigenvalue weighted by atomic mass is 9.91. The number of nitrogens with one attached hydrogen (secondary N) is 2. The molecule has 0 radical (unpaired) electrons. The molecule has 16 heavy (non-hydrogen) atoms. The molecule has 0 aromatic rings. The van der Waals surface area contributed by atoms with E-state index in [0.29, 0.717) is 12.0 Å². The molecule has 2 atom stereocenters. The van der Waals surface area contributed by atoms with Crippen LogP contribution in [-0.2, 0) is 9.47 Å². The molecule has 2 aliphatic rings. The van der Waals surface area contributed by atoms with E-state index in [1.54, 1.807) is 0 Å². The number of likely N-dealkylation sites (N-methyl/N-ethyl adjacent to an activating group) is 1. The van der Waals surface area contributed by atoms with Crippen molar-refractivity contribution in [2.24, 2.45) is 5.92 Å². The van der Waals surface area contributed by atoms with Crippen LogP contribution < -0.4 is 10.6 Å². The maximum atomic E-state index is 5.51. The normalized spacial score (nSPS) is 34.1. The van der Waals surface area contributed by atoms with Gasteiger partial charge in [-0.1, -0.05) is 0 Å². The van der Waals surface area contributed by atoms with Gasteiger partial charge in [-0.3, -0.25) is 0 Å². The Kier molecular flexibility index (Phi) is 4.19. The highest BCUT2D eigenvalue weighted by Crippen LogP contribution is 2.21. The van der Waals surface area contributed by atoms with Crippen molar-refractivity contribution >= 4 is 0 Å². The predicted molar refractivity (Wildman–Crippen MR) is 63.6 cm³/mol. The lowest BCUT2D eigenvalue weighted by Gasteiger charge is -2.36. The molecule has 2 fully saturated rings. The molecule has 2 N–H and O–H groups in total. The van der Waals surface area contributed by atoms with Gasteiger partial charge < -0.3 is 20.1 Å². The maximum Gasteiger partial charge on any atom is 0.0623 e. The molecule has 4 nitrogen and oxygen atoms in total. The van der Waals surface area contributed by atoms with Crippen molar-refractivity contribution < 1.29 is 9.47 Å². The van der Waals surface area contributed by atoms with Crippen molar-refractivity contribution in [1.82, 2.24) is 10.6 Å². The van der Waals surface area contributed by atoms with Crippen molar-refractivity contribution in [3.8, 4) is 0 Å². The molecule has 0 saturated carbocycles. The highest BCUT2D eigenvalue weighted by atomic mass is 16.5. The van der Waals surface area contributed by atoms with Gasteiger partial charge in [-0.15, -0.1) is 0 Å². The Morgan fingerprint density at radius 1 is 1.19 bits per heavy atom. The van der Waals surface area contributed by atoms with Gasteiger partial charge in [-0.2, -0.15) is 0 Å². The zero-order chi connectivity index (χ0) is 11.4. The number of hydrogen-bond donors (Lipinski definition) is 2. The van der Waals surface area contributed by atoms with Crippen LogP contribution in [0.5, 0.6) is 0 Å². The van der Waals surface area contributed by atoms with Crippen LogP contribution in [0.25, 0.3) is 0 Å². The largest absolute Gasteiger partial charge is 0.381 e. The zero-order valence-corrected chi connectivity index (χ0v) is 10.4. The van der Waals surface area contributed by atoms with Gasteiger partial charge in [0.1, 0.15) is 0 Å². The Balaban J connectivity index is 1.77. The lowest BCUT2D eigenvalue weighted by Crippen LogP contribution is -2.50. The van der Waals surface area contributed by atoms with Crippen LogP contribution in [0.1, 0.15) is 19.8 Å². The number of rotatable bonds is 4. The molecule has 2 unspecified atom stereocenters. The highest BCUT2D eigenvalue weighted by molar-refractivity contribution is 4.89. The first-order valence-electron chi connectivity index (χ1n) is 6.31. The first-order chi connectivity index (χ1) is 7.73. The fourth-order valence-electron chi connectivity index (χ4n) is 2.50. The second-order valence-electron chi connectivity index (χ2n) is 5.25. The third-order valence-electron chi connectivity index (χ3n) is 3.96. The molecule has 0 bridgehead atoms. The van der Waals surface area contributed by atoms with E-state index in [1.807, 2.05) is 7.05 Å². The molecule has 0 aliphatic carbocycles. The summed E-state index contributed by atoms with van der Waals surface area (Å²) < 4.78 is 10.9. The van der Waals surface area contributed by atoms with Crippen molar-refractivity contribution in [2.75, 3.05) is 40.0 Å². The average molecular weight is 228 g/mol. The van der Waals surface area contributed by atoms with Crippen LogP contribution in [-0.4, -0.2) is 51.6 Å². The van der Waals surface area contributed by atoms with Gasteiger partial charge in [-0.05, 0) is 26.8 Å². The van der Waals surface area contributed by atoms with E-state index < -0.39 is 0 Å². The van der Waals surface area contributed by atoms with Crippen LogP contribution in [0, 0.1) is 5.92 Å². The molecule has 0 amide bonds. The molecule has 4 heteroatoms. The van der Waals surface area contributed by atoms with Crippen LogP contribution in [0.15, 0.2) is 0 Å². The summed E-state index contributed by atoms with van der Waals surface area (Å²) in [5.74, 6) is 0.602. The third kappa shape index (κ3) is 2.94. The Labute approximate surface area is 98.1 Å². The van der Waals surface area contributed by atoms with Crippen molar-refractivity contribution in [2.45, 2.75) is 31.3 Å². The SMILES string of the molecule is CNC1COCC1CNC1(C)CCOCC1. The standard InChI is InChI=1S/C12H24N2O2/c1-12(3-5-15-6-4-12)14-7-10-8-16-9-11(10)13-2/h10-11,13-14H,3-9H2,1-2H3. The molecule has 2 heterocycles. The van der Waals surface area contributed by atoms with Crippen molar-refractivity contribution in [1.29, 1.82) is 0 Å². The Hall–Kier alpha value is -0.160. The molecule has 0 aromatic carbocycles. The van der Waals surface area contributed by atoms with Crippen LogP contribution in [0.2, 0.25) is 0 Å². The molecule has 2 rings (SSSR count). The summed E-state index contributed by atoms with van der Waals surface area (Å²) in [5.41, 5.74) is 0.263. The van der Waals surface area contributed by atoms with Gasteiger partial charge in [0.15, 0.2) is 0 Å². The van der Waals surface area contributed by atoms with E-state index in [1.165, 1.54) is 0 Å². The Morgan fingerprint density at radius 2 is 1.94 bits per heavy atom. The molecular formula is C12H24N2O2.